The Labute approximate surface area is 214 Å². The normalized spacial score (nSPS) is 21.1. The van der Waals surface area contributed by atoms with Crippen LogP contribution in [0.25, 0.3) is 0 Å². The molecule has 0 atom stereocenters. The molecule has 3 aliphatic rings. The Bertz CT molecular complexity index is 1290. The van der Waals surface area contributed by atoms with E-state index in [-0.39, 0.29) is 5.91 Å². The number of benzene rings is 2. The zero-order valence-electron chi connectivity index (χ0n) is 19.7. The second-order valence-corrected chi connectivity index (χ2v) is 10.4. The van der Waals surface area contributed by atoms with Crippen molar-refractivity contribution in [2.45, 2.75) is 19.9 Å². The molecular weight excluding hydrogens is 476 g/mol. The molecule has 0 unspecified atom stereocenters. The van der Waals surface area contributed by atoms with Gasteiger partial charge in [0.25, 0.3) is 5.91 Å². The molecule has 0 spiro atoms. The third kappa shape index (κ3) is 4.69. The van der Waals surface area contributed by atoms with Gasteiger partial charge >= 0.3 is 0 Å². The molecule has 9 heteroatoms. The predicted octanol–water partition coefficient (Wildman–Crippen LogP) is 4.81. The van der Waals surface area contributed by atoms with E-state index < -0.39 is 0 Å². The Kier molecular flexibility index (Phi) is 6.86. The van der Waals surface area contributed by atoms with Crippen LogP contribution < -0.4 is 10.6 Å². The highest BCUT2D eigenvalue weighted by molar-refractivity contribution is 8.19. The number of aliphatic imine (C=N–C) groups is 1. The molecule has 1 amide bonds. The predicted molar refractivity (Wildman–Crippen MR) is 144 cm³/mol. The fourth-order valence-corrected chi connectivity index (χ4v) is 6.71. The lowest BCUT2D eigenvalue weighted by atomic mass is 10.2. The van der Waals surface area contributed by atoms with Crippen LogP contribution in [0.15, 0.2) is 74.1 Å². The maximum atomic E-state index is 13.8. The zero-order valence-corrected chi connectivity index (χ0v) is 21.3. The lowest BCUT2D eigenvalue weighted by molar-refractivity contribution is -0.122. The summed E-state index contributed by atoms with van der Waals surface area (Å²) in [6.45, 7) is 4.96. The fourth-order valence-electron chi connectivity index (χ4n) is 4.27. The molecule has 3 aliphatic heterocycles. The van der Waals surface area contributed by atoms with Crippen molar-refractivity contribution in [2.75, 3.05) is 32.0 Å². The molecule has 5 rings (SSSR count). The minimum absolute atomic E-state index is 0.0406. The number of nitrogens with zero attached hydrogens (tertiary/aromatic N) is 4. The number of nitriles is 1. The van der Waals surface area contributed by atoms with Crippen LogP contribution >= 0.6 is 23.5 Å². The van der Waals surface area contributed by atoms with Gasteiger partial charge in [0.05, 0.1) is 34.6 Å². The Balaban J connectivity index is 1.57. The lowest BCUT2D eigenvalue weighted by Gasteiger charge is -2.21. The van der Waals surface area contributed by atoms with Crippen LogP contribution in [0.4, 0.5) is 11.4 Å². The van der Waals surface area contributed by atoms with Gasteiger partial charge in [-0.1, -0.05) is 42.1 Å². The first-order valence-electron chi connectivity index (χ1n) is 11.6. The SMILES string of the molecule is CCNc1ccc(C#N)cc1/N=C1\S/C(=C2\SC3=C(CCNC3)N2C)C(=O)N1Cc1ccccc1. The third-order valence-electron chi connectivity index (χ3n) is 6.03. The quantitative estimate of drug-likeness (QED) is 0.568. The van der Waals surface area contributed by atoms with Crippen LogP contribution in [0.3, 0.4) is 0 Å². The second-order valence-electron chi connectivity index (χ2n) is 8.34. The number of amidine groups is 1. The first-order valence-corrected chi connectivity index (χ1v) is 13.2. The molecule has 35 heavy (non-hydrogen) atoms. The van der Waals surface area contributed by atoms with Gasteiger partial charge in [-0.05, 0) is 42.4 Å². The molecule has 2 aromatic carbocycles. The van der Waals surface area contributed by atoms with E-state index in [4.69, 9.17) is 4.99 Å². The van der Waals surface area contributed by atoms with Crippen molar-refractivity contribution in [3.63, 3.8) is 0 Å². The molecule has 1 saturated heterocycles. The van der Waals surface area contributed by atoms with E-state index in [1.807, 2.05) is 50.4 Å². The summed E-state index contributed by atoms with van der Waals surface area (Å²) < 4.78 is 0. The number of rotatable bonds is 5. The average Bonchev–Trinajstić information content (AvgIpc) is 3.37. The average molecular weight is 503 g/mol. The first kappa shape index (κ1) is 23.5. The highest BCUT2D eigenvalue weighted by Crippen LogP contribution is 2.48. The molecule has 0 bridgehead atoms. The molecule has 178 valence electrons. The van der Waals surface area contributed by atoms with Crippen molar-refractivity contribution in [3.05, 3.63) is 80.2 Å². The van der Waals surface area contributed by atoms with Crippen molar-refractivity contribution in [1.82, 2.24) is 15.1 Å². The number of carbonyl (C=O) groups is 1. The molecule has 0 aliphatic carbocycles. The Morgan fingerprint density at radius 2 is 2.03 bits per heavy atom. The summed E-state index contributed by atoms with van der Waals surface area (Å²) >= 11 is 3.10. The van der Waals surface area contributed by atoms with Gasteiger partial charge in [0.2, 0.25) is 0 Å². The Morgan fingerprint density at radius 3 is 2.77 bits per heavy atom. The fraction of sp³-hybridized carbons (Fsp3) is 0.269. The van der Waals surface area contributed by atoms with Crippen molar-refractivity contribution in [2.24, 2.45) is 4.99 Å². The van der Waals surface area contributed by atoms with Gasteiger partial charge < -0.3 is 15.5 Å². The maximum absolute atomic E-state index is 13.8. The highest BCUT2D eigenvalue weighted by atomic mass is 32.2. The zero-order chi connectivity index (χ0) is 24.4. The van der Waals surface area contributed by atoms with Gasteiger partial charge in [-0.25, -0.2) is 4.99 Å². The molecule has 0 radical (unpaired) electrons. The summed E-state index contributed by atoms with van der Waals surface area (Å²) in [5.74, 6) is -0.0406. The second kappa shape index (κ2) is 10.2. The summed E-state index contributed by atoms with van der Waals surface area (Å²) in [5.41, 5.74) is 4.35. The van der Waals surface area contributed by atoms with Crippen molar-refractivity contribution in [1.29, 1.82) is 5.26 Å². The number of hydrogen-bond acceptors (Lipinski definition) is 8. The van der Waals surface area contributed by atoms with E-state index in [0.717, 1.165) is 42.3 Å². The summed E-state index contributed by atoms with van der Waals surface area (Å²) in [6, 6.07) is 17.6. The third-order valence-corrected chi connectivity index (χ3v) is 8.52. The van der Waals surface area contributed by atoms with Crippen LogP contribution in [0.2, 0.25) is 0 Å². The number of amides is 1. The number of hydrogen-bond donors (Lipinski definition) is 2. The summed E-state index contributed by atoms with van der Waals surface area (Å²) in [4.78, 5) is 24.6. The van der Waals surface area contributed by atoms with Gasteiger partial charge in [-0.3, -0.25) is 9.69 Å². The van der Waals surface area contributed by atoms with Crippen LogP contribution in [0.5, 0.6) is 0 Å². The molecular formula is C26H26N6OS2. The van der Waals surface area contributed by atoms with E-state index in [0.29, 0.717) is 27.9 Å². The Morgan fingerprint density at radius 1 is 1.20 bits per heavy atom. The highest BCUT2D eigenvalue weighted by Gasteiger charge is 2.40. The minimum Gasteiger partial charge on any atom is -0.384 e. The number of carbonyl (C=O) groups excluding carboxylic acids is 1. The molecule has 3 heterocycles. The van der Waals surface area contributed by atoms with Gasteiger partial charge in [-0.2, -0.15) is 5.26 Å². The van der Waals surface area contributed by atoms with E-state index in [1.54, 1.807) is 28.8 Å². The van der Waals surface area contributed by atoms with Gasteiger partial charge in [-0.15, -0.1) is 0 Å². The summed E-state index contributed by atoms with van der Waals surface area (Å²) in [5, 5.41) is 17.8. The molecule has 0 aromatic heterocycles. The van der Waals surface area contributed by atoms with Crippen LogP contribution in [0, 0.1) is 11.3 Å². The van der Waals surface area contributed by atoms with Crippen LogP contribution in [-0.2, 0) is 11.3 Å². The summed E-state index contributed by atoms with van der Waals surface area (Å²) in [6.07, 6.45) is 0.955. The van der Waals surface area contributed by atoms with E-state index in [2.05, 4.69) is 21.6 Å². The van der Waals surface area contributed by atoms with E-state index >= 15 is 0 Å². The molecule has 2 N–H and O–H groups in total. The molecule has 1 fully saturated rings. The number of thioether (sulfide) groups is 2. The minimum atomic E-state index is -0.0406. The number of anilines is 1. The Hall–Kier alpha value is -3.19. The van der Waals surface area contributed by atoms with Gasteiger partial charge in [0, 0.05) is 43.7 Å². The standard InChI is InChI=1S/C26H26N6OS2/c1-3-29-19-10-9-18(14-27)13-20(19)30-26-32(16-17-7-5-4-6-8-17)24(33)23(35-26)25-31(2)21-11-12-28-15-22(21)34-25/h4-10,13,28-29H,3,11-12,15-16H2,1-2H3/b25-23-,30-26-. The lowest BCUT2D eigenvalue weighted by Crippen LogP contribution is -2.29. The monoisotopic (exact) mass is 502 g/mol. The van der Waals surface area contributed by atoms with Crippen LogP contribution in [0.1, 0.15) is 24.5 Å². The van der Waals surface area contributed by atoms with Gasteiger partial charge in [0.1, 0.15) is 4.91 Å². The number of nitrogens with one attached hydrogen (secondary N) is 2. The van der Waals surface area contributed by atoms with Gasteiger partial charge in [0.15, 0.2) is 5.17 Å². The van der Waals surface area contributed by atoms with E-state index in [1.165, 1.54) is 22.4 Å². The first-order chi connectivity index (χ1) is 17.1. The molecule has 0 saturated carbocycles. The maximum Gasteiger partial charge on any atom is 0.269 e. The topological polar surface area (TPSA) is 83.8 Å². The molecule has 7 nitrogen and oxygen atoms in total. The molecule has 2 aromatic rings. The van der Waals surface area contributed by atoms with E-state index in [9.17, 15) is 10.1 Å². The van der Waals surface area contributed by atoms with Crippen molar-refractivity contribution in [3.8, 4) is 6.07 Å². The largest absolute Gasteiger partial charge is 0.384 e. The van der Waals surface area contributed by atoms with Crippen LogP contribution in [-0.4, -0.2) is 47.6 Å². The van der Waals surface area contributed by atoms with Crippen molar-refractivity contribution < 1.29 is 4.79 Å². The smallest absolute Gasteiger partial charge is 0.269 e. The van der Waals surface area contributed by atoms with Crippen molar-refractivity contribution >= 4 is 46.0 Å². The summed E-state index contributed by atoms with van der Waals surface area (Å²) in [7, 11) is 2.05.